The highest BCUT2D eigenvalue weighted by Gasteiger charge is 2.34. The van der Waals surface area contributed by atoms with Crippen LogP contribution in [0.3, 0.4) is 0 Å². The second kappa shape index (κ2) is 11.1. The first-order chi connectivity index (χ1) is 17.0. The first-order valence-electron chi connectivity index (χ1n) is 11.4. The standard InChI is InChI=1S/C26H30F3NO6/c1-15(31)30(18-7-6-8-18)14-16-11-17(26(27,28)29)9-10-19(16)20-12-22(33-2)25(36-5)21(24(20)35-4)13-23(32)34-3/h9-12,18H,6-8,13-14H2,1-5H3. The number of nitrogens with zero attached hydrogens (tertiary/aromatic N) is 1. The molecule has 3 rings (SSSR count). The van der Waals surface area contributed by atoms with E-state index in [-0.39, 0.29) is 42.2 Å². The average Bonchev–Trinajstić information content (AvgIpc) is 2.80. The monoisotopic (exact) mass is 509 g/mol. The van der Waals surface area contributed by atoms with Crippen molar-refractivity contribution in [2.45, 2.75) is 51.4 Å². The summed E-state index contributed by atoms with van der Waals surface area (Å²) in [7, 11) is 5.46. The molecule has 36 heavy (non-hydrogen) atoms. The molecule has 0 spiro atoms. The molecule has 0 bridgehead atoms. The van der Waals surface area contributed by atoms with Crippen LogP contribution < -0.4 is 14.2 Å². The molecule has 2 aromatic carbocycles. The van der Waals surface area contributed by atoms with Crippen LogP contribution in [0.2, 0.25) is 0 Å². The van der Waals surface area contributed by atoms with Crippen molar-refractivity contribution >= 4 is 11.9 Å². The maximum absolute atomic E-state index is 13.7. The van der Waals surface area contributed by atoms with E-state index in [0.29, 0.717) is 22.3 Å². The number of amides is 1. The molecule has 2 aromatic rings. The molecular formula is C26H30F3NO6. The Kier molecular flexibility index (Phi) is 8.37. The van der Waals surface area contributed by atoms with Gasteiger partial charge in [0.1, 0.15) is 5.75 Å². The van der Waals surface area contributed by atoms with Crippen molar-refractivity contribution in [1.82, 2.24) is 4.90 Å². The van der Waals surface area contributed by atoms with Gasteiger partial charge in [-0.25, -0.2) is 0 Å². The van der Waals surface area contributed by atoms with E-state index in [1.807, 2.05) is 0 Å². The van der Waals surface area contributed by atoms with Crippen LogP contribution in [0, 0.1) is 0 Å². The molecule has 0 N–H and O–H groups in total. The summed E-state index contributed by atoms with van der Waals surface area (Å²) in [4.78, 5) is 26.2. The van der Waals surface area contributed by atoms with Crippen LogP contribution in [-0.4, -0.2) is 51.3 Å². The number of alkyl halides is 3. The molecule has 1 amide bonds. The van der Waals surface area contributed by atoms with Crippen LogP contribution in [0.15, 0.2) is 24.3 Å². The van der Waals surface area contributed by atoms with Gasteiger partial charge < -0.3 is 23.8 Å². The minimum Gasteiger partial charge on any atom is -0.496 e. The second-order valence-corrected chi connectivity index (χ2v) is 8.53. The van der Waals surface area contributed by atoms with E-state index in [1.54, 1.807) is 11.0 Å². The highest BCUT2D eigenvalue weighted by molar-refractivity contribution is 5.84. The van der Waals surface area contributed by atoms with Crippen LogP contribution >= 0.6 is 0 Å². The molecule has 0 aromatic heterocycles. The van der Waals surface area contributed by atoms with Crippen LogP contribution in [0.4, 0.5) is 13.2 Å². The number of carbonyl (C=O) groups excluding carboxylic acids is 2. The molecule has 0 radical (unpaired) electrons. The molecule has 10 heteroatoms. The zero-order valence-corrected chi connectivity index (χ0v) is 21.0. The van der Waals surface area contributed by atoms with Crippen LogP contribution in [0.25, 0.3) is 11.1 Å². The third-order valence-corrected chi connectivity index (χ3v) is 6.45. The fourth-order valence-electron chi connectivity index (χ4n) is 4.41. The smallest absolute Gasteiger partial charge is 0.416 e. The van der Waals surface area contributed by atoms with Crippen LogP contribution in [-0.2, 0) is 33.5 Å². The highest BCUT2D eigenvalue weighted by Crippen LogP contribution is 2.47. The molecule has 0 atom stereocenters. The van der Waals surface area contributed by atoms with Crippen LogP contribution in [0.5, 0.6) is 17.2 Å². The summed E-state index contributed by atoms with van der Waals surface area (Å²) in [5.41, 5.74) is 0.607. The lowest BCUT2D eigenvalue weighted by atomic mass is 9.89. The summed E-state index contributed by atoms with van der Waals surface area (Å²) < 4.78 is 62.4. The van der Waals surface area contributed by atoms with Crippen LogP contribution in [0.1, 0.15) is 42.9 Å². The first kappa shape index (κ1) is 27.2. The second-order valence-electron chi connectivity index (χ2n) is 8.53. The highest BCUT2D eigenvalue weighted by atomic mass is 19.4. The van der Waals surface area contributed by atoms with Gasteiger partial charge >= 0.3 is 12.1 Å². The topological polar surface area (TPSA) is 74.3 Å². The summed E-state index contributed by atoms with van der Waals surface area (Å²) >= 11 is 0. The van der Waals surface area contributed by atoms with E-state index in [1.165, 1.54) is 41.4 Å². The normalized spacial score (nSPS) is 13.6. The van der Waals surface area contributed by atoms with Gasteiger partial charge in [-0.15, -0.1) is 0 Å². The molecule has 1 aliphatic rings. The predicted molar refractivity (Wildman–Crippen MR) is 126 cm³/mol. The maximum atomic E-state index is 13.7. The van der Waals surface area contributed by atoms with Crippen molar-refractivity contribution in [3.63, 3.8) is 0 Å². The third kappa shape index (κ3) is 5.52. The zero-order chi connectivity index (χ0) is 26.6. The van der Waals surface area contributed by atoms with Gasteiger partial charge in [-0.1, -0.05) is 6.07 Å². The van der Waals surface area contributed by atoms with Crippen molar-refractivity contribution in [2.24, 2.45) is 0 Å². The van der Waals surface area contributed by atoms with E-state index in [0.717, 1.165) is 31.4 Å². The summed E-state index contributed by atoms with van der Waals surface area (Å²) in [5, 5.41) is 0. The Morgan fingerprint density at radius 1 is 0.972 bits per heavy atom. The molecule has 0 saturated heterocycles. The van der Waals surface area contributed by atoms with E-state index >= 15 is 0 Å². The molecule has 1 fully saturated rings. The number of ether oxygens (including phenoxy) is 4. The fraction of sp³-hybridized carbons (Fsp3) is 0.462. The average molecular weight is 510 g/mol. The van der Waals surface area contributed by atoms with Gasteiger partial charge in [-0.3, -0.25) is 9.59 Å². The summed E-state index contributed by atoms with van der Waals surface area (Å²) in [6.45, 7) is 1.40. The number of halogens is 3. The van der Waals surface area contributed by atoms with Gasteiger partial charge in [0.2, 0.25) is 5.91 Å². The number of esters is 1. The lowest BCUT2D eigenvalue weighted by Gasteiger charge is -2.37. The minimum atomic E-state index is -4.57. The third-order valence-electron chi connectivity index (χ3n) is 6.45. The summed E-state index contributed by atoms with van der Waals surface area (Å²) in [6, 6.07) is 4.96. The summed E-state index contributed by atoms with van der Waals surface area (Å²) in [5.74, 6) is -0.0331. The molecule has 7 nitrogen and oxygen atoms in total. The maximum Gasteiger partial charge on any atom is 0.416 e. The fourth-order valence-corrected chi connectivity index (χ4v) is 4.41. The summed E-state index contributed by atoms with van der Waals surface area (Å²) in [6.07, 6.45) is -2.22. The number of benzene rings is 2. The number of hydrogen-bond acceptors (Lipinski definition) is 6. The Labute approximate surface area is 208 Å². The quantitative estimate of drug-likeness (QED) is 0.443. The lowest BCUT2D eigenvalue weighted by molar-refractivity contribution is -0.140. The minimum absolute atomic E-state index is 0.0108. The van der Waals surface area contributed by atoms with E-state index in [9.17, 15) is 22.8 Å². The number of rotatable bonds is 9. The Morgan fingerprint density at radius 2 is 1.64 bits per heavy atom. The molecule has 1 saturated carbocycles. The van der Waals surface area contributed by atoms with E-state index in [2.05, 4.69) is 0 Å². The Bertz CT molecular complexity index is 1130. The van der Waals surface area contributed by atoms with Gasteiger partial charge in [0, 0.05) is 25.1 Å². The predicted octanol–water partition coefficient (Wildman–Crippen LogP) is 5.01. The molecule has 0 aliphatic heterocycles. The molecule has 0 unspecified atom stereocenters. The van der Waals surface area contributed by atoms with Gasteiger partial charge in [-0.05, 0) is 48.6 Å². The van der Waals surface area contributed by atoms with Gasteiger partial charge in [0.25, 0.3) is 0 Å². The van der Waals surface area contributed by atoms with Gasteiger partial charge in [-0.2, -0.15) is 13.2 Å². The zero-order valence-electron chi connectivity index (χ0n) is 21.0. The molecule has 1 aliphatic carbocycles. The Morgan fingerprint density at radius 3 is 2.11 bits per heavy atom. The largest absolute Gasteiger partial charge is 0.496 e. The van der Waals surface area contributed by atoms with Crippen molar-refractivity contribution in [2.75, 3.05) is 28.4 Å². The van der Waals surface area contributed by atoms with Crippen molar-refractivity contribution in [1.29, 1.82) is 0 Å². The SMILES string of the molecule is COC(=O)Cc1c(OC)c(OC)cc(-c2ccc(C(F)(F)F)cc2CN(C(C)=O)C2CCC2)c1OC. The number of hydrogen-bond donors (Lipinski definition) is 0. The molecule has 0 heterocycles. The number of carbonyl (C=O) groups is 2. The molecular weight excluding hydrogens is 479 g/mol. The first-order valence-corrected chi connectivity index (χ1v) is 11.4. The Hall–Kier alpha value is -3.43. The lowest BCUT2D eigenvalue weighted by Crippen LogP contribution is -2.42. The Balaban J connectivity index is 2.28. The van der Waals surface area contributed by atoms with Crippen molar-refractivity contribution in [3.8, 4) is 28.4 Å². The molecule has 196 valence electrons. The van der Waals surface area contributed by atoms with E-state index < -0.39 is 17.7 Å². The van der Waals surface area contributed by atoms with Gasteiger partial charge in [0.15, 0.2) is 11.5 Å². The van der Waals surface area contributed by atoms with E-state index in [4.69, 9.17) is 18.9 Å². The van der Waals surface area contributed by atoms with Crippen molar-refractivity contribution < 1.29 is 41.7 Å². The van der Waals surface area contributed by atoms with Gasteiger partial charge in [0.05, 0.1) is 46.0 Å². The van der Waals surface area contributed by atoms with Crippen molar-refractivity contribution in [3.05, 3.63) is 41.0 Å². The number of methoxy groups -OCH3 is 4.